The first-order valence-electron chi connectivity index (χ1n) is 6.18. The molecule has 0 aromatic carbocycles. The Balaban J connectivity index is 2.49. The third-order valence-electron chi connectivity index (χ3n) is 2.88. The molecule has 0 amide bonds. The van der Waals surface area contributed by atoms with Crippen LogP contribution in [0.1, 0.15) is 48.7 Å². The molecular weight excluding hydrogens is 261 g/mol. The minimum atomic E-state index is -4.64. The number of imidazole rings is 1. The van der Waals surface area contributed by atoms with Crippen LogP contribution < -0.4 is 0 Å². The van der Waals surface area contributed by atoms with Crippen LogP contribution in [0.15, 0.2) is 0 Å². The van der Waals surface area contributed by atoms with E-state index < -0.39 is 29.6 Å². The van der Waals surface area contributed by atoms with Crippen LogP contribution in [0, 0.1) is 0 Å². The Labute approximate surface area is 108 Å². The van der Waals surface area contributed by atoms with Crippen LogP contribution in [-0.2, 0) is 23.9 Å². The average molecular weight is 276 g/mol. The van der Waals surface area contributed by atoms with Gasteiger partial charge in [-0.1, -0.05) is 0 Å². The average Bonchev–Trinajstić information content (AvgIpc) is 2.66. The third kappa shape index (κ3) is 2.74. The lowest BCUT2D eigenvalue weighted by atomic mass is 10.1. The zero-order valence-electron chi connectivity index (χ0n) is 10.8. The van der Waals surface area contributed by atoms with Crippen molar-refractivity contribution in [3.63, 3.8) is 0 Å². The summed E-state index contributed by atoms with van der Waals surface area (Å²) >= 11 is 0. The molecule has 0 fully saturated rings. The van der Waals surface area contributed by atoms with E-state index >= 15 is 0 Å². The van der Waals surface area contributed by atoms with Crippen molar-refractivity contribution in [2.24, 2.45) is 0 Å². The van der Waals surface area contributed by atoms with Gasteiger partial charge in [0.15, 0.2) is 11.4 Å². The Morgan fingerprint density at radius 2 is 2.05 bits per heavy atom. The smallest absolute Gasteiger partial charge is 0.435 e. The topological polar surface area (TPSA) is 44.1 Å². The number of carbonyl (C=O) groups excluding carboxylic acids is 1. The quantitative estimate of drug-likeness (QED) is 0.780. The van der Waals surface area contributed by atoms with Gasteiger partial charge in [-0.05, 0) is 26.7 Å². The summed E-state index contributed by atoms with van der Waals surface area (Å²) in [5, 5.41) is 0. The van der Waals surface area contributed by atoms with E-state index in [0.717, 1.165) is 12.8 Å². The molecule has 106 valence electrons. The molecule has 1 aromatic rings. The molecule has 1 aliphatic heterocycles. The number of esters is 1. The van der Waals surface area contributed by atoms with E-state index in [4.69, 9.17) is 4.74 Å². The van der Waals surface area contributed by atoms with E-state index in [1.807, 2.05) is 0 Å². The van der Waals surface area contributed by atoms with Gasteiger partial charge in [-0.2, -0.15) is 13.2 Å². The van der Waals surface area contributed by atoms with Crippen molar-refractivity contribution < 1.29 is 22.7 Å². The summed E-state index contributed by atoms with van der Waals surface area (Å²) in [7, 11) is 0. The highest BCUT2D eigenvalue weighted by Crippen LogP contribution is 2.34. The summed E-state index contributed by atoms with van der Waals surface area (Å²) in [4.78, 5) is 15.5. The van der Waals surface area contributed by atoms with Crippen LogP contribution in [0.4, 0.5) is 13.2 Å². The van der Waals surface area contributed by atoms with Gasteiger partial charge in [0.25, 0.3) is 0 Å². The van der Waals surface area contributed by atoms with E-state index in [9.17, 15) is 18.0 Å². The van der Waals surface area contributed by atoms with E-state index in [-0.39, 0.29) is 0 Å². The summed E-state index contributed by atoms with van der Waals surface area (Å²) in [5.41, 5.74) is -1.59. The van der Waals surface area contributed by atoms with Crippen molar-refractivity contribution in [2.75, 3.05) is 0 Å². The molecule has 0 saturated carbocycles. The van der Waals surface area contributed by atoms with E-state index in [1.165, 1.54) is 4.57 Å². The van der Waals surface area contributed by atoms with Crippen LogP contribution in [0.3, 0.4) is 0 Å². The van der Waals surface area contributed by atoms with E-state index in [2.05, 4.69) is 4.98 Å². The van der Waals surface area contributed by atoms with Crippen LogP contribution in [0.2, 0.25) is 0 Å². The molecule has 7 heteroatoms. The minimum absolute atomic E-state index is 0.314. The van der Waals surface area contributed by atoms with Crippen molar-refractivity contribution in [1.82, 2.24) is 9.55 Å². The van der Waals surface area contributed by atoms with Crippen molar-refractivity contribution in [3.05, 3.63) is 17.2 Å². The second-order valence-corrected chi connectivity index (χ2v) is 4.79. The number of hydrogen-bond donors (Lipinski definition) is 0. The van der Waals surface area contributed by atoms with Gasteiger partial charge < -0.3 is 9.30 Å². The van der Waals surface area contributed by atoms with Gasteiger partial charge in [-0.15, -0.1) is 0 Å². The molecule has 2 rings (SSSR count). The maximum Gasteiger partial charge on any atom is 0.435 e. The zero-order chi connectivity index (χ0) is 14.2. The molecule has 1 aromatic heterocycles. The summed E-state index contributed by atoms with van der Waals surface area (Å²) in [5.74, 6) is -0.641. The number of hydrogen-bond acceptors (Lipinski definition) is 3. The minimum Gasteiger partial charge on any atom is -0.458 e. The van der Waals surface area contributed by atoms with Gasteiger partial charge in [0.05, 0.1) is 6.10 Å². The number of halogens is 3. The molecule has 0 bridgehead atoms. The highest BCUT2D eigenvalue weighted by molar-refractivity contribution is 5.89. The van der Waals surface area contributed by atoms with Crippen LogP contribution in [0.25, 0.3) is 0 Å². The molecule has 4 nitrogen and oxygen atoms in total. The molecule has 0 unspecified atom stereocenters. The van der Waals surface area contributed by atoms with E-state index in [0.29, 0.717) is 18.8 Å². The Morgan fingerprint density at radius 1 is 1.37 bits per heavy atom. The molecule has 0 aliphatic carbocycles. The van der Waals surface area contributed by atoms with Crippen molar-refractivity contribution in [3.8, 4) is 0 Å². The van der Waals surface area contributed by atoms with Crippen LogP contribution in [-0.4, -0.2) is 21.6 Å². The first-order valence-corrected chi connectivity index (χ1v) is 6.18. The number of aryl methyl sites for hydroxylation is 1. The van der Waals surface area contributed by atoms with Gasteiger partial charge in [-0.3, -0.25) is 0 Å². The number of nitrogens with zero attached hydrogens (tertiary/aromatic N) is 2. The SMILES string of the molecule is CC(C)OC(=O)c1c(C(F)(F)F)nc2n1CCCC2. The number of ether oxygens (including phenoxy) is 1. The molecule has 0 radical (unpaired) electrons. The predicted molar refractivity (Wildman–Crippen MR) is 60.7 cm³/mol. The summed E-state index contributed by atoms with van der Waals surface area (Å²) < 4.78 is 45.1. The van der Waals surface area contributed by atoms with E-state index in [1.54, 1.807) is 13.8 Å². The molecule has 0 saturated heterocycles. The highest BCUT2D eigenvalue weighted by Gasteiger charge is 2.42. The van der Waals surface area contributed by atoms with Gasteiger partial charge in [-0.25, -0.2) is 9.78 Å². The summed E-state index contributed by atoms with van der Waals surface area (Å²) in [6, 6.07) is 0. The summed E-state index contributed by atoms with van der Waals surface area (Å²) in [6.45, 7) is 3.57. The van der Waals surface area contributed by atoms with Gasteiger partial charge in [0.1, 0.15) is 5.82 Å². The van der Waals surface area contributed by atoms with Gasteiger partial charge in [0, 0.05) is 13.0 Å². The fraction of sp³-hybridized carbons (Fsp3) is 0.667. The first kappa shape index (κ1) is 13.9. The normalized spacial score (nSPS) is 15.5. The molecule has 0 N–H and O–H groups in total. The van der Waals surface area contributed by atoms with Gasteiger partial charge >= 0.3 is 12.1 Å². The van der Waals surface area contributed by atoms with Crippen molar-refractivity contribution in [2.45, 2.75) is 51.9 Å². The standard InChI is InChI=1S/C12H15F3N2O2/c1-7(2)19-11(18)9-10(12(13,14)15)16-8-5-3-4-6-17(8)9/h7H,3-6H2,1-2H3. The first-order chi connectivity index (χ1) is 8.80. The molecule has 1 aliphatic rings. The number of rotatable bonds is 2. The monoisotopic (exact) mass is 276 g/mol. The molecular formula is C12H15F3N2O2. The second-order valence-electron chi connectivity index (χ2n) is 4.79. The number of carbonyl (C=O) groups is 1. The Kier molecular flexibility index (Phi) is 3.56. The van der Waals surface area contributed by atoms with Gasteiger partial charge in [0.2, 0.25) is 0 Å². The summed E-state index contributed by atoms with van der Waals surface area (Å²) in [6.07, 6.45) is -3.13. The second kappa shape index (κ2) is 4.86. The number of fused-ring (bicyclic) bond motifs is 1. The van der Waals surface area contributed by atoms with Crippen LogP contribution in [0.5, 0.6) is 0 Å². The molecule has 2 heterocycles. The lowest BCUT2D eigenvalue weighted by Crippen LogP contribution is -2.22. The largest absolute Gasteiger partial charge is 0.458 e. The van der Waals surface area contributed by atoms with Crippen LogP contribution >= 0.6 is 0 Å². The molecule has 0 spiro atoms. The zero-order valence-corrected chi connectivity index (χ0v) is 10.8. The third-order valence-corrected chi connectivity index (χ3v) is 2.88. The maximum atomic E-state index is 12.9. The number of aromatic nitrogens is 2. The fourth-order valence-corrected chi connectivity index (χ4v) is 2.16. The Hall–Kier alpha value is -1.53. The fourth-order valence-electron chi connectivity index (χ4n) is 2.16. The maximum absolute atomic E-state index is 12.9. The van der Waals surface area contributed by atoms with Crippen molar-refractivity contribution >= 4 is 5.97 Å². The highest BCUT2D eigenvalue weighted by atomic mass is 19.4. The number of alkyl halides is 3. The lowest BCUT2D eigenvalue weighted by Gasteiger charge is -2.17. The lowest BCUT2D eigenvalue weighted by molar-refractivity contribution is -0.141. The Bertz CT molecular complexity index is 492. The van der Waals surface area contributed by atoms with Crippen molar-refractivity contribution in [1.29, 1.82) is 0 Å². The Morgan fingerprint density at radius 3 is 2.63 bits per heavy atom. The molecule has 0 atom stereocenters. The predicted octanol–water partition coefficient (Wildman–Crippen LogP) is 2.80. The molecule has 19 heavy (non-hydrogen) atoms.